The Hall–Kier alpha value is -4.48. The van der Waals surface area contributed by atoms with Gasteiger partial charge in [-0.1, -0.05) is 35.4 Å². The number of aryl methyl sites for hydroxylation is 2. The summed E-state index contributed by atoms with van der Waals surface area (Å²) in [7, 11) is 3.15. The van der Waals surface area contributed by atoms with Crippen LogP contribution >= 0.6 is 22.9 Å². The molecule has 4 amide bonds. The van der Waals surface area contributed by atoms with Crippen LogP contribution in [0.15, 0.2) is 54.1 Å². The third kappa shape index (κ3) is 3.99. The number of ether oxygens (including phenoxy) is 1. The second kappa shape index (κ2) is 10.3. The number of anilines is 1. The van der Waals surface area contributed by atoms with Crippen molar-refractivity contribution < 1.29 is 29.0 Å². The lowest BCUT2D eigenvalue weighted by Gasteiger charge is -2.49. The average molecular weight is 671 g/mol. The van der Waals surface area contributed by atoms with Crippen molar-refractivity contribution >= 4 is 62.5 Å². The molecule has 0 spiro atoms. The number of carbonyl (C=O) groups excluding carboxylic acids is 4. The largest absolute Gasteiger partial charge is 0.504 e. The van der Waals surface area contributed by atoms with Crippen molar-refractivity contribution in [1.82, 2.24) is 15.1 Å². The SMILES string of the molecule is COc1cccc([C@H]2C3=CC[C@@H]4C(=O)NC(=O)[C@@H]4[C@@H]3C[C@H]3C(=O)N(c4cc(-c5sc6ccc(Cl)cc6c5C)nn4C)C(=O)[C@@]23C)c1O. The topological polar surface area (TPSA) is 131 Å². The molecule has 2 N–H and O–H groups in total. The van der Waals surface area contributed by atoms with Crippen LogP contribution in [0.25, 0.3) is 20.7 Å². The van der Waals surface area contributed by atoms with Gasteiger partial charge >= 0.3 is 0 Å². The number of imide groups is 2. The fourth-order valence-electron chi connectivity index (χ4n) is 8.64. The lowest BCUT2D eigenvalue weighted by molar-refractivity contribution is -0.131. The number of nitrogens with one attached hydrogen (secondary N) is 1. The van der Waals surface area contributed by atoms with Gasteiger partial charge in [-0.25, -0.2) is 4.90 Å². The minimum absolute atomic E-state index is 0.127. The molecule has 47 heavy (non-hydrogen) atoms. The Balaban J connectivity index is 1.27. The summed E-state index contributed by atoms with van der Waals surface area (Å²) >= 11 is 7.84. The number of carbonyl (C=O) groups is 4. The maximum Gasteiger partial charge on any atom is 0.242 e. The average Bonchev–Trinajstić information content (AvgIpc) is 3.72. The summed E-state index contributed by atoms with van der Waals surface area (Å²) in [6.07, 6.45) is 2.48. The zero-order chi connectivity index (χ0) is 33.1. The zero-order valence-electron chi connectivity index (χ0n) is 26.0. The van der Waals surface area contributed by atoms with Gasteiger partial charge in [0.25, 0.3) is 0 Å². The minimum atomic E-state index is -1.32. The van der Waals surface area contributed by atoms with E-state index in [1.807, 2.05) is 31.2 Å². The standard InChI is InChI=1S/C35H31ClN4O6S/c1-15-20-12-16(36)8-11-25(20)47-30(15)23-14-26(39(3)38-23)40-33(44)22-13-21-17(9-10-18-27(21)32(43)37-31(18)42)28(35(22,2)34(40)45)19-6-5-7-24(46-4)29(19)41/h5-9,11-12,14,18,21-22,27-28,41H,10,13H2,1-4H3,(H,37,42,43)/t18-,21+,22-,27-,28+,35+/m0/s1. The third-order valence-corrected chi connectivity index (χ3v) is 12.4. The molecular weight excluding hydrogens is 640 g/mol. The highest BCUT2D eigenvalue weighted by Gasteiger charge is 2.67. The zero-order valence-corrected chi connectivity index (χ0v) is 27.6. The van der Waals surface area contributed by atoms with Crippen LogP contribution in [0.5, 0.6) is 11.5 Å². The van der Waals surface area contributed by atoms with Gasteiger partial charge in [0, 0.05) is 34.3 Å². The monoisotopic (exact) mass is 670 g/mol. The van der Waals surface area contributed by atoms with Crippen molar-refractivity contribution in [2.45, 2.75) is 32.6 Å². The van der Waals surface area contributed by atoms with Crippen molar-refractivity contribution in [1.29, 1.82) is 0 Å². The molecule has 6 atom stereocenters. The van der Waals surface area contributed by atoms with E-state index in [0.29, 0.717) is 28.5 Å². The molecule has 4 aliphatic rings. The smallest absolute Gasteiger partial charge is 0.242 e. The van der Waals surface area contributed by atoms with Gasteiger partial charge in [-0.2, -0.15) is 5.10 Å². The highest BCUT2D eigenvalue weighted by Crippen LogP contribution is 2.64. The molecular formula is C35H31ClN4O6S. The summed E-state index contributed by atoms with van der Waals surface area (Å²) in [5, 5.41) is 20.3. The quantitative estimate of drug-likeness (QED) is 0.217. The Bertz CT molecular complexity index is 2120. The molecule has 2 aromatic carbocycles. The van der Waals surface area contributed by atoms with Gasteiger partial charge in [0.05, 0.1) is 35.2 Å². The number of hydrogen-bond donors (Lipinski definition) is 2. The Morgan fingerprint density at radius 2 is 1.89 bits per heavy atom. The highest BCUT2D eigenvalue weighted by molar-refractivity contribution is 7.22. The molecule has 12 heteroatoms. The number of phenolic OH excluding ortho intramolecular Hbond substituents is 1. The van der Waals surface area contributed by atoms with Gasteiger partial charge in [-0.05, 0) is 67.8 Å². The summed E-state index contributed by atoms with van der Waals surface area (Å²) in [6.45, 7) is 3.78. The molecule has 10 nitrogen and oxygen atoms in total. The molecule has 4 aromatic rings. The van der Waals surface area contributed by atoms with E-state index in [4.69, 9.17) is 21.4 Å². The summed E-state index contributed by atoms with van der Waals surface area (Å²) < 4.78 is 8.03. The van der Waals surface area contributed by atoms with Crippen LogP contribution < -0.4 is 15.0 Å². The number of methoxy groups -OCH3 is 1. The molecule has 2 aliphatic carbocycles. The Morgan fingerprint density at radius 1 is 1.11 bits per heavy atom. The second-order valence-electron chi connectivity index (χ2n) is 13.1. The van der Waals surface area contributed by atoms with Crippen LogP contribution in [0.1, 0.15) is 36.8 Å². The Labute approximate surface area is 278 Å². The number of allylic oxidation sites excluding steroid dienone is 2. The van der Waals surface area contributed by atoms with E-state index in [9.17, 15) is 24.3 Å². The van der Waals surface area contributed by atoms with E-state index in [1.54, 1.807) is 54.3 Å². The highest BCUT2D eigenvalue weighted by atomic mass is 35.5. The fraction of sp³-hybridized carbons (Fsp3) is 0.343. The summed E-state index contributed by atoms with van der Waals surface area (Å²) in [5.74, 6) is -4.31. The van der Waals surface area contributed by atoms with Gasteiger partial charge in [0.15, 0.2) is 11.5 Å². The van der Waals surface area contributed by atoms with Gasteiger partial charge in [-0.3, -0.25) is 29.2 Å². The van der Waals surface area contributed by atoms with Crippen molar-refractivity contribution in [2.75, 3.05) is 12.0 Å². The van der Waals surface area contributed by atoms with E-state index in [1.165, 1.54) is 12.0 Å². The first-order valence-electron chi connectivity index (χ1n) is 15.5. The van der Waals surface area contributed by atoms with E-state index in [2.05, 4.69) is 5.32 Å². The number of para-hydroxylation sites is 1. The number of aromatic hydroxyl groups is 1. The van der Waals surface area contributed by atoms with Gasteiger partial charge in [0.1, 0.15) is 11.5 Å². The fourth-order valence-corrected chi connectivity index (χ4v) is 9.96. The number of phenols is 1. The molecule has 8 rings (SSSR count). The number of aromatic nitrogens is 2. The van der Waals surface area contributed by atoms with Crippen molar-refractivity contribution in [3.8, 4) is 22.1 Å². The normalized spacial score (nSPS) is 28.3. The number of fused-ring (bicyclic) bond motifs is 5. The van der Waals surface area contributed by atoms with Crippen LogP contribution in [0.3, 0.4) is 0 Å². The number of benzene rings is 2. The molecule has 2 saturated heterocycles. The molecule has 3 fully saturated rings. The molecule has 0 bridgehead atoms. The maximum atomic E-state index is 14.9. The van der Waals surface area contributed by atoms with Crippen LogP contribution in [-0.4, -0.2) is 45.6 Å². The minimum Gasteiger partial charge on any atom is -0.504 e. The molecule has 2 aromatic heterocycles. The van der Waals surface area contributed by atoms with Crippen LogP contribution in [0.4, 0.5) is 5.82 Å². The first-order chi connectivity index (χ1) is 22.4. The van der Waals surface area contributed by atoms with Crippen LogP contribution in [0.2, 0.25) is 5.02 Å². The van der Waals surface area contributed by atoms with Crippen LogP contribution in [-0.2, 0) is 26.2 Å². The number of rotatable bonds is 4. The molecule has 2 aliphatic heterocycles. The van der Waals surface area contributed by atoms with E-state index >= 15 is 0 Å². The number of thiophene rings is 1. The van der Waals surface area contributed by atoms with Gasteiger partial charge in [0.2, 0.25) is 23.6 Å². The Kier molecular flexibility index (Phi) is 6.52. The number of nitrogens with zero attached hydrogens (tertiary/aromatic N) is 3. The van der Waals surface area contributed by atoms with E-state index in [-0.39, 0.29) is 29.7 Å². The molecule has 0 radical (unpaired) electrons. The summed E-state index contributed by atoms with van der Waals surface area (Å²) in [4.78, 5) is 57.5. The lowest BCUT2D eigenvalue weighted by Crippen LogP contribution is -2.48. The number of hydrogen-bond acceptors (Lipinski definition) is 8. The maximum absolute atomic E-state index is 14.9. The van der Waals surface area contributed by atoms with E-state index in [0.717, 1.165) is 26.1 Å². The van der Waals surface area contributed by atoms with Crippen molar-refractivity contribution in [2.24, 2.45) is 36.1 Å². The first kappa shape index (κ1) is 29.9. The van der Waals surface area contributed by atoms with Crippen molar-refractivity contribution in [3.63, 3.8) is 0 Å². The summed E-state index contributed by atoms with van der Waals surface area (Å²) in [6, 6.07) is 12.6. The van der Waals surface area contributed by atoms with Crippen molar-refractivity contribution in [3.05, 3.63) is 70.3 Å². The number of amides is 4. The molecule has 1 saturated carbocycles. The van der Waals surface area contributed by atoms with Gasteiger partial charge in [-0.15, -0.1) is 11.3 Å². The third-order valence-electron chi connectivity index (χ3n) is 10.9. The molecule has 0 unspecified atom stereocenters. The predicted molar refractivity (Wildman–Crippen MR) is 176 cm³/mol. The van der Waals surface area contributed by atoms with E-state index < -0.39 is 46.8 Å². The number of halogens is 1. The Morgan fingerprint density at radius 3 is 2.66 bits per heavy atom. The van der Waals surface area contributed by atoms with Gasteiger partial charge < -0.3 is 9.84 Å². The predicted octanol–water partition coefficient (Wildman–Crippen LogP) is 5.50. The van der Waals surface area contributed by atoms with Crippen LogP contribution in [0, 0.1) is 36.0 Å². The first-order valence-corrected chi connectivity index (χ1v) is 16.7. The molecule has 4 heterocycles. The second-order valence-corrected chi connectivity index (χ2v) is 14.6. The summed E-state index contributed by atoms with van der Waals surface area (Å²) in [5.41, 5.74) is 1.53. The lowest BCUT2D eigenvalue weighted by atomic mass is 9.51. The molecule has 240 valence electrons.